The number of piperidine rings is 1. The molecule has 23 heavy (non-hydrogen) atoms. The highest BCUT2D eigenvalue weighted by Gasteiger charge is 2.26. The van der Waals surface area contributed by atoms with Gasteiger partial charge in [-0.25, -0.2) is 4.98 Å². The molecule has 3 heteroatoms. The molecule has 0 bridgehead atoms. The van der Waals surface area contributed by atoms with Crippen molar-refractivity contribution >= 4 is 11.0 Å². The maximum atomic E-state index is 5.04. The van der Waals surface area contributed by atoms with Gasteiger partial charge in [-0.3, -0.25) is 0 Å². The fraction of sp³-hybridized carbons (Fsp3) is 0.650. The summed E-state index contributed by atoms with van der Waals surface area (Å²) in [6, 6.07) is 5.33. The van der Waals surface area contributed by atoms with E-state index in [1.807, 2.05) is 0 Å². The van der Waals surface area contributed by atoms with Gasteiger partial charge in [0.05, 0.1) is 11.0 Å². The van der Waals surface area contributed by atoms with Crippen LogP contribution in [0.3, 0.4) is 0 Å². The van der Waals surface area contributed by atoms with E-state index in [9.17, 15) is 0 Å². The Kier molecular flexibility index (Phi) is 4.14. The lowest BCUT2D eigenvalue weighted by Crippen LogP contribution is -2.34. The maximum Gasteiger partial charge on any atom is 0.112 e. The van der Waals surface area contributed by atoms with Crippen molar-refractivity contribution in [3.8, 4) is 0 Å². The Balaban J connectivity index is 1.65. The summed E-state index contributed by atoms with van der Waals surface area (Å²) < 4.78 is 2.54. The van der Waals surface area contributed by atoms with E-state index in [1.54, 1.807) is 0 Å². The second kappa shape index (κ2) is 6.27. The van der Waals surface area contributed by atoms with Crippen molar-refractivity contribution in [2.75, 3.05) is 6.54 Å². The summed E-state index contributed by atoms with van der Waals surface area (Å²) in [4.78, 5) is 5.04. The monoisotopic (exact) mass is 311 g/mol. The van der Waals surface area contributed by atoms with Crippen LogP contribution >= 0.6 is 0 Å². The number of hydrogen-bond acceptors (Lipinski definition) is 2. The van der Waals surface area contributed by atoms with Gasteiger partial charge in [-0.1, -0.05) is 12.8 Å². The molecule has 1 aliphatic heterocycles. The summed E-state index contributed by atoms with van der Waals surface area (Å²) in [6.45, 7) is 6.73. The van der Waals surface area contributed by atoms with Crippen LogP contribution in [0, 0.1) is 13.8 Å². The molecule has 1 aromatic carbocycles. The minimum absolute atomic E-state index is 0.696. The molecule has 1 aliphatic carbocycles. The molecular weight excluding hydrogens is 282 g/mol. The zero-order valence-electron chi connectivity index (χ0n) is 14.6. The lowest BCUT2D eigenvalue weighted by atomic mass is 9.85. The van der Waals surface area contributed by atoms with Crippen LogP contribution in [-0.4, -0.2) is 22.1 Å². The van der Waals surface area contributed by atoms with E-state index < -0.39 is 0 Å². The molecule has 1 saturated heterocycles. The van der Waals surface area contributed by atoms with E-state index in [2.05, 4.69) is 35.9 Å². The Bertz CT molecular complexity index is 690. The fourth-order valence-corrected chi connectivity index (χ4v) is 4.07. The summed E-state index contributed by atoms with van der Waals surface area (Å²) in [5.74, 6) is 2.05. The highest BCUT2D eigenvalue weighted by atomic mass is 15.1. The molecule has 1 N–H and O–H groups in total. The van der Waals surface area contributed by atoms with Crippen LogP contribution in [0.15, 0.2) is 12.1 Å². The van der Waals surface area contributed by atoms with Gasteiger partial charge in [0, 0.05) is 18.5 Å². The Morgan fingerprint density at radius 3 is 2.61 bits per heavy atom. The predicted molar refractivity (Wildman–Crippen MR) is 96.1 cm³/mol. The second-order valence-corrected chi connectivity index (χ2v) is 7.61. The molecule has 1 atom stereocenters. The van der Waals surface area contributed by atoms with Gasteiger partial charge in [0.15, 0.2) is 0 Å². The van der Waals surface area contributed by atoms with Crippen LogP contribution in [0.25, 0.3) is 11.0 Å². The molecule has 0 radical (unpaired) electrons. The van der Waals surface area contributed by atoms with E-state index in [1.165, 1.54) is 79.5 Å². The molecule has 0 amide bonds. The lowest BCUT2D eigenvalue weighted by Gasteiger charge is -2.27. The van der Waals surface area contributed by atoms with Crippen molar-refractivity contribution < 1.29 is 0 Å². The Morgan fingerprint density at radius 1 is 1.09 bits per heavy atom. The average Bonchev–Trinajstić information content (AvgIpc) is 2.82. The fourth-order valence-electron chi connectivity index (χ4n) is 4.07. The first-order valence-electron chi connectivity index (χ1n) is 9.43. The molecule has 1 saturated carbocycles. The second-order valence-electron chi connectivity index (χ2n) is 7.61. The summed E-state index contributed by atoms with van der Waals surface area (Å²) in [5.41, 5.74) is 5.29. The first kappa shape index (κ1) is 15.2. The van der Waals surface area contributed by atoms with Gasteiger partial charge in [0.2, 0.25) is 0 Å². The van der Waals surface area contributed by atoms with Crippen molar-refractivity contribution in [2.24, 2.45) is 0 Å². The maximum absolute atomic E-state index is 5.04. The van der Waals surface area contributed by atoms with Gasteiger partial charge in [-0.2, -0.15) is 0 Å². The Hall–Kier alpha value is -1.35. The number of aryl methyl sites for hydroxylation is 3. The molecule has 2 aliphatic rings. The van der Waals surface area contributed by atoms with Gasteiger partial charge in [0.25, 0.3) is 0 Å². The minimum Gasteiger partial charge on any atom is -0.328 e. The molecular formula is C20H29N3. The number of nitrogens with zero attached hydrogens (tertiary/aromatic N) is 2. The zero-order valence-corrected chi connectivity index (χ0v) is 14.6. The lowest BCUT2D eigenvalue weighted by molar-refractivity contribution is 0.352. The van der Waals surface area contributed by atoms with Gasteiger partial charge in [-0.05, 0) is 75.8 Å². The van der Waals surface area contributed by atoms with Gasteiger partial charge < -0.3 is 9.88 Å². The topological polar surface area (TPSA) is 29.9 Å². The molecule has 124 valence electrons. The predicted octanol–water partition coefficient (Wildman–Crippen LogP) is 4.45. The summed E-state index contributed by atoms with van der Waals surface area (Å²) in [5, 5.41) is 3.69. The normalized spacial score (nSPS) is 22.4. The van der Waals surface area contributed by atoms with Crippen molar-refractivity contribution in [3.63, 3.8) is 0 Å². The van der Waals surface area contributed by atoms with Crippen molar-refractivity contribution in [3.05, 3.63) is 29.1 Å². The smallest absolute Gasteiger partial charge is 0.112 e. The number of hydrogen-bond donors (Lipinski definition) is 1. The molecule has 2 aromatic rings. The number of rotatable bonds is 4. The Labute approximate surface area is 139 Å². The van der Waals surface area contributed by atoms with E-state index in [4.69, 9.17) is 4.98 Å². The van der Waals surface area contributed by atoms with Gasteiger partial charge in [-0.15, -0.1) is 0 Å². The van der Waals surface area contributed by atoms with Crippen LogP contribution in [0.5, 0.6) is 0 Å². The van der Waals surface area contributed by atoms with Crippen LogP contribution in [0.4, 0.5) is 0 Å². The number of benzene rings is 1. The van der Waals surface area contributed by atoms with Crippen molar-refractivity contribution in [1.82, 2.24) is 14.9 Å². The largest absolute Gasteiger partial charge is 0.328 e. The third-order valence-electron chi connectivity index (χ3n) is 5.98. The highest BCUT2D eigenvalue weighted by Crippen LogP contribution is 2.37. The molecule has 2 heterocycles. The zero-order chi connectivity index (χ0) is 15.8. The number of nitrogens with one attached hydrogen (secondary N) is 1. The summed E-state index contributed by atoms with van der Waals surface area (Å²) >= 11 is 0. The quantitative estimate of drug-likeness (QED) is 0.904. The van der Waals surface area contributed by atoms with Crippen molar-refractivity contribution in [1.29, 1.82) is 0 Å². The molecule has 3 nitrogen and oxygen atoms in total. The van der Waals surface area contributed by atoms with Gasteiger partial charge in [0.1, 0.15) is 5.82 Å². The Morgan fingerprint density at radius 2 is 1.91 bits per heavy atom. The van der Waals surface area contributed by atoms with Crippen LogP contribution in [0.2, 0.25) is 0 Å². The number of fused-ring (bicyclic) bond motifs is 1. The summed E-state index contributed by atoms with van der Waals surface area (Å²) in [6.07, 6.45) is 9.32. The highest BCUT2D eigenvalue weighted by molar-refractivity contribution is 5.78. The minimum atomic E-state index is 0.696. The molecule has 1 unspecified atom stereocenters. The van der Waals surface area contributed by atoms with Crippen molar-refractivity contribution in [2.45, 2.75) is 77.3 Å². The third kappa shape index (κ3) is 2.91. The molecule has 2 fully saturated rings. The number of imidazole rings is 1. The molecule has 4 rings (SSSR count). The molecule has 1 aromatic heterocycles. The van der Waals surface area contributed by atoms with Gasteiger partial charge >= 0.3 is 0 Å². The van der Waals surface area contributed by atoms with Crippen LogP contribution in [0.1, 0.15) is 67.8 Å². The van der Waals surface area contributed by atoms with E-state index in [0.29, 0.717) is 12.0 Å². The molecule has 0 spiro atoms. The van der Waals surface area contributed by atoms with Crippen LogP contribution in [-0.2, 0) is 6.54 Å². The standard InChI is InChI=1S/C20H29N3/c1-14-12-18-19(13-15(14)2)23(20(22-18)16-6-5-7-16)11-9-17-8-3-4-10-21-17/h12-13,16-17,21H,3-11H2,1-2H3. The van der Waals surface area contributed by atoms with E-state index in [-0.39, 0.29) is 0 Å². The SMILES string of the molecule is Cc1cc2nc(C3CCC3)n(CCC3CCCCN3)c2cc1C. The van der Waals surface area contributed by atoms with Crippen LogP contribution < -0.4 is 5.32 Å². The number of aromatic nitrogens is 2. The first-order chi connectivity index (χ1) is 11.2. The average molecular weight is 311 g/mol. The first-order valence-corrected chi connectivity index (χ1v) is 9.43. The van der Waals surface area contributed by atoms with E-state index >= 15 is 0 Å². The summed E-state index contributed by atoms with van der Waals surface area (Å²) in [7, 11) is 0. The third-order valence-corrected chi connectivity index (χ3v) is 5.98. The van der Waals surface area contributed by atoms with E-state index in [0.717, 1.165) is 6.54 Å².